The second-order valence-electron chi connectivity index (χ2n) is 4.65. The van der Waals surface area contributed by atoms with Crippen LogP contribution in [-0.4, -0.2) is 16.7 Å². The number of benzene rings is 2. The standard InChI is InChI=1S/C17H13NO5/c1-12(19)13-6-9-15(10-7-13)23-17(20)11-8-14-4-2-3-5-16(14)18(21)22/h2-11H,1H3/b11-8+. The lowest BCUT2D eigenvalue weighted by Crippen LogP contribution is -2.04. The number of rotatable bonds is 5. The van der Waals surface area contributed by atoms with E-state index in [0.29, 0.717) is 11.1 Å². The Kier molecular flexibility index (Phi) is 4.99. The van der Waals surface area contributed by atoms with E-state index in [1.807, 2.05) is 0 Å². The maximum atomic E-state index is 11.7. The van der Waals surface area contributed by atoms with Gasteiger partial charge in [0.25, 0.3) is 5.69 Å². The van der Waals surface area contributed by atoms with Crippen molar-refractivity contribution >= 4 is 23.5 Å². The normalized spacial score (nSPS) is 10.5. The van der Waals surface area contributed by atoms with Crippen molar-refractivity contribution in [1.82, 2.24) is 0 Å². The molecule has 2 aromatic carbocycles. The van der Waals surface area contributed by atoms with Crippen molar-refractivity contribution < 1.29 is 19.2 Å². The molecule has 0 amide bonds. The summed E-state index contributed by atoms with van der Waals surface area (Å²) in [5.41, 5.74) is 0.726. The van der Waals surface area contributed by atoms with Gasteiger partial charge in [0.05, 0.1) is 10.5 Å². The number of hydrogen-bond donors (Lipinski definition) is 0. The second-order valence-corrected chi connectivity index (χ2v) is 4.65. The summed E-state index contributed by atoms with van der Waals surface area (Å²) in [7, 11) is 0. The molecule has 0 N–H and O–H groups in total. The Hall–Kier alpha value is -3.28. The van der Waals surface area contributed by atoms with Gasteiger partial charge in [0, 0.05) is 17.7 Å². The number of Topliss-reactive ketones (excluding diaryl/α,β-unsaturated/α-hetero) is 1. The van der Waals surface area contributed by atoms with Crippen molar-refractivity contribution in [3.63, 3.8) is 0 Å². The Balaban J connectivity index is 2.07. The van der Waals surface area contributed by atoms with Gasteiger partial charge in [0.2, 0.25) is 0 Å². The number of para-hydroxylation sites is 1. The van der Waals surface area contributed by atoms with Gasteiger partial charge >= 0.3 is 5.97 Å². The Labute approximate surface area is 132 Å². The third-order valence-electron chi connectivity index (χ3n) is 3.01. The zero-order valence-electron chi connectivity index (χ0n) is 12.3. The van der Waals surface area contributed by atoms with E-state index in [9.17, 15) is 19.7 Å². The largest absolute Gasteiger partial charge is 0.423 e. The van der Waals surface area contributed by atoms with Crippen LogP contribution in [0.5, 0.6) is 5.75 Å². The van der Waals surface area contributed by atoms with Crippen molar-refractivity contribution in [3.05, 3.63) is 75.8 Å². The van der Waals surface area contributed by atoms with Gasteiger partial charge in [0.1, 0.15) is 5.75 Å². The van der Waals surface area contributed by atoms with E-state index in [-0.39, 0.29) is 17.2 Å². The van der Waals surface area contributed by atoms with E-state index in [1.165, 1.54) is 37.3 Å². The highest BCUT2D eigenvalue weighted by Gasteiger charge is 2.10. The number of nitro groups is 1. The molecule has 0 saturated carbocycles. The molecule has 0 radical (unpaired) electrons. The lowest BCUT2D eigenvalue weighted by Gasteiger charge is -2.02. The molecular weight excluding hydrogens is 298 g/mol. The molecule has 116 valence electrons. The van der Waals surface area contributed by atoms with Crippen molar-refractivity contribution in [3.8, 4) is 5.75 Å². The molecule has 0 spiro atoms. The van der Waals surface area contributed by atoms with Gasteiger partial charge in [0.15, 0.2) is 5.78 Å². The Morgan fingerprint density at radius 1 is 1.09 bits per heavy atom. The van der Waals surface area contributed by atoms with Crippen LogP contribution in [0.2, 0.25) is 0 Å². The van der Waals surface area contributed by atoms with Crippen molar-refractivity contribution in [2.45, 2.75) is 6.92 Å². The zero-order valence-corrected chi connectivity index (χ0v) is 12.3. The first-order chi connectivity index (χ1) is 11.0. The summed E-state index contributed by atoms with van der Waals surface area (Å²) in [5, 5.41) is 10.9. The SMILES string of the molecule is CC(=O)c1ccc(OC(=O)/C=C/c2ccccc2[N+](=O)[O-])cc1. The first-order valence-electron chi connectivity index (χ1n) is 6.71. The number of nitrogens with zero attached hydrogens (tertiary/aromatic N) is 1. The first kappa shape index (κ1) is 16.1. The van der Waals surface area contributed by atoms with Crippen LogP contribution in [0.1, 0.15) is 22.8 Å². The molecule has 0 aliphatic rings. The van der Waals surface area contributed by atoms with Gasteiger partial charge in [-0.15, -0.1) is 0 Å². The van der Waals surface area contributed by atoms with E-state index in [4.69, 9.17) is 4.74 Å². The fourth-order valence-corrected chi connectivity index (χ4v) is 1.86. The summed E-state index contributed by atoms with van der Waals surface area (Å²) in [6.45, 7) is 1.44. The van der Waals surface area contributed by atoms with Crippen LogP contribution in [-0.2, 0) is 4.79 Å². The number of carbonyl (C=O) groups is 2. The monoisotopic (exact) mass is 311 g/mol. The molecule has 2 rings (SSSR count). The summed E-state index contributed by atoms with van der Waals surface area (Å²) >= 11 is 0. The molecule has 0 saturated heterocycles. The van der Waals surface area contributed by atoms with Gasteiger partial charge in [-0.05, 0) is 43.3 Å². The molecule has 6 heteroatoms. The summed E-state index contributed by atoms with van der Waals surface area (Å²) < 4.78 is 5.06. The summed E-state index contributed by atoms with van der Waals surface area (Å²) in [4.78, 5) is 33.2. The molecule has 2 aromatic rings. The Morgan fingerprint density at radius 2 is 1.74 bits per heavy atom. The predicted octanol–water partition coefficient (Wildman–Crippen LogP) is 3.42. The summed E-state index contributed by atoms with van der Waals surface area (Å²) in [5.74, 6) is -0.468. The van der Waals surface area contributed by atoms with Crippen LogP contribution < -0.4 is 4.74 Å². The average molecular weight is 311 g/mol. The molecule has 0 aliphatic carbocycles. The molecule has 23 heavy (non-hydrogen) atoms. The zero-order chi connectivity index (χ0) is 16.8. The third-order valence-corrected chi connectivity index (χ3v) is 3.01. The van der Waals surface area contributed by atoms with Gasteiger partial charge in [-0.3, -0.25) is 14.9 Å². The number of carbonyl (C=O) groups excluding carboxylic acids is 2. The molecule has 0 aromatic heterocycles. The van der Waals surface area contributed by atoms with Crippen molar-refractivity contribution in [1.29, 1.82) is 0 Å². The molecule has 0 atom stereocenters. The fraction of sp³-hybridized carbons (Fsp3) is 0.0588. The number of ether oxygens (including phenoxy) is 1. The van der Waals surface area contributed by atoms with E-state index in [2.05, 4.69) is 0 Å². The minimum absolute atomic E-state index is 0.0841. The Morgan fingerprint density at radius 3 is 2.35 bits per heavy atom. The minimum atomic E-state index is -0.668. The lowest BCUT2D eigenvalue weighted by molar-refractivity contribution is -0.385. The fourth-order valence-electron chi connectivity index (χ4n) is 1.86. The average Bonchev–Trinajstić information content (AvgIpc) is 2.53. The van der Waals surface area contributed by atoms with E-state index in [1.54, 1.807) is 24.3 Å². The highest BCUT2D eigenvalue weighted by atomic mass is 16.6. The number of ketones is 1. The maximum Gasteiger partial charge on any atom is 0.336 e. The quantitative estimate of drug-likeness (QED) is 0.211. The van der Waals surface area contributed by atoms with E-state index >= 15 is 0 Å². The predicted molar refractivity (Wildman–Crippen MR) is 84.2 cm³/mol. The second kappa shape index (κ2) is 7.13. The lowest BCUT2D eigenvalue weighted by atomic mass is 10.1. The number of nitro benzene ring substituents is 1. The number of esters is 1. The Bertz CT molecular complexity index is 778. The molecule has 0 heterocycles. The highest BCUT2D eigenvalue weighted by molar-refractivity contribution is 5.94. The third kappa shape index (κ3) is 4.34. The smallest absolute Gasteiger partial charge is 0.336 e. The van der Waals surface area contributed by atoms with Crippen LogP contribution in [0.25, 0.3) is 6.08 Å². The van der Waals surface area contributed by atoms with Crippen LogP contribution >= 0.6 is 0 Å². The van der Waals surface area contributed by atoms with Crippen molar-refractivity contribution in [2.24, 2.45) is 0 Å². The molecule has 0 fully saturated rings. The molecule has 0 bridgehead atoms. The van der Waals surface area contributed by atoms with E-state index in [0.717, 1.165) is 6.08 Å². The van der Waals surface area contributed by atoms with Gasteiger partial charge in [-0.1, -0.05) is 12.1 Å². The molecule has 0 unspecified atom stereocenters. The van der Waals surface area contributed by atoms with Crippen LogP contribution in [0.15, 0.2) is 54.6 Å². The van der Waals surface area contributed by atoms with Gasteiger partial charge in [-0.25, -0.2) is 4.79 Å². The molecule has 6 nitrogen and oxygen atoms in total. The topological polar surface area (TPSA) is 86.5 Å². The molecule has 0 aliphatic heterocycles. The maximum absolute atomic E-state index is 11.7. The van der Waals surface area contributed by atoms with Crippen LogP contribution in [0.4, 0.5) is 5.69 Å². The summed E-state index contributed by atoms with van der Waals surface area (Å²) in [6.07, 6.45) is 2.44. The minimum Gasteiger partial charge on any atom is -0.423 e. The van der Waals surface area contributed by atoms with Crippen molar-refractivity contribution in [2.75, 3.05) is 0 Å². The highest BCUT2D eigenvalue weighted by Crippen LogP contribution is 2.19. The van der Waals surface area contributed by atoms with Gasteiger partial charge < -0.3 is 4.74 Å². The number of hydrogen-bond acceptors (Lipinski definition) is 5. The molecular formula is C17H13NO5. The van der Waals surface area contributed by atoms with Crippen LogP contribution in [0.3, 0.4) is 0 Å². The van der Waals surface area contributed by atoms with E-state index < -0.39 is 10.9 Å². The van der Waals surface area contributed by atoms with Gasteiger partial charge in [-0.2, -0.15) is 0 Å². The summed E-state index contributed by atoms with van der Waals surface area (Å²) in [6, 6.07) is 12.2. The first-order valence-corrected chi connectivity index (χ1v) is 6.71. The van der Waals surface area contributed by atoms with Crippen LogP contribution in [0, 0.1) is 10.1 Å².